The molecule has 0 radical (unpaired) electrons. The van der Waals surface area contributed by atoms with Crippen LogP contribution in [0.1, 0.15) is 32.6 Å². The molecular weight excluding hydrogens is 232 g/mol. The Balaban J connectivity index is 2.10. The van der Waals surface area contributed by atoms with Crippen molar-refractivity contribution in [2.45, 2.75) is 32.6 Å². The first-order valence-corrected chi connectivity index (χ1v) is 6.44. The molecule has 3 N–H and O–H groups in total. The van der Waals surface area contributed by atoms with Crippen LogP contribution in [0.2, 0.25) is 0 Å². The van der Waals surface area contributed by atoms with Gasteiger partial charge in [-0.25, -0.2) is 5.84 Å². The van der Waals surface area contributed by atoms with Gasteiger partial charge in [-0.2, -0.15) is 15.0 Å². The summed E-state index contributed by atoms with van der Waals surface area (Å²) in [7, 11) is 0. The van der Waals surface area contributed by atoms with E-state index in [9.17, 15) is 0 Å². The fourth-order valence-electron chi connectivity index (χ4n) is 1.84. The molecule has 0 spiro atoms. The number of hydrogen-bond acceptors (Lipinski definition) is 7. The maximum Gasteiger partial charge on any atom is 0.323 e. The van der Waals surface area contributed by atoms with Crippen molar-refractivity contribution in [3.8, 4) is 6.01 Å². The summed E-state index contributed by atoms with van der Waals surface area (Å²) in [5.41, 5.74) is 2.45. The van der Waals surface area contributed by atoms with Crippen molar-refractivity contribution < 1.29 is 4.74 Å². The van der Waals surface area contributed by atoms with Crippen molar-refractivity contribution in [3.63, 3.8) is 0 Å². The Kier molecular flexibility index (Phi) is 4.52. The number of ether oxygens (including phenoxy) is 1. The number of unbranched alkanes of at least 4 members (excludes halogenated alkanes) is 1. The average molecular weight is 252 g/mol. The van der Waals surface area contributed by atoms with Gasteiger partial charge in [0.25, 0.3) is 0 Å². The van der Waals surface area contributed by atoms with Crippen LogP contribution in [-0.2, 0) is 0 Å². The molecule has 7 nitrogen and oxygen atoms in total. The zero-order valence-corrected chi connectivity index (χ0v) is 10.7. The number of nitrogens with zero attached hydrogens (tertiary/aromatic N) is 4. The first kappa shape index (κ1) is 12.8. The first-order chi connectivity index (χ1) is 8.83. The largest absolute Gasteiger partial charge is 0.463 e. The molecule has 1 aromatic rings. The molecular formula is C11H20N6O. The van der Waals surface area contributed by atoms with Gasteiger partial charge in [0.1, 0.15) is 0 Å². The Morgan fingerprint density at radius 3 is 2.72 bits per heavy atom. The molecule has 1 saturated heterocycles. The average Bonchev–Trinajstić information content (AvgIpc) is 2.92. The van der Waals surface area contributed by atoms with Crippen LogP contribution in [-0.4, -0.2) is 34.6 Å². The van der Waals surface area contributed by atoms with Crippen molar-refractivity contribution in [2.24, 2.45) is 5.84 Å². The number of hydrogen-bond donors (Lipinski definition) is 2. The molecule has 0 aromatic carbocycles. The second-order valence-electron chi connectivity index (χ2n) is 4.28. The van der Waals surface area contributed by atoms with E-state index in [1.54, 1.807) is 0 Å². The van der Waals surface area contributed by atoms with Gasteiger partial charge in [0.15, 0.2) is 0 Å². The molecule has 0 bridgehead atoms. The normalized spacial score (nSPS) is 14.9. The van der Waals surface area contributed by atoms with Crippen LogP contribution in [0.15, 0.2) is 0 Å². The standard InChI is InChI=1S/C11H20N6O/c1-2-3-8-18-11-14-9(16-12)13-10(15-11)17-6-4-5-7-17/h2-8,12H2,1H3,(H,13,14,15,16). The molecule has 1 aliphatic heterocycles. The number of hydrazine groups is 1. The fourth-order valence-corrected chi connectivity index (χ4v) is 1.84. The minimum Gasteiger partial charge on any atom is -0.463 e. The van der Waals surface area contributed by atoms with E-state index < -0.39 is 0 Å². The Morgan fingerprint density at radius 1 is 1.28 bits per heavy atom. The molecule has 1 aliphatic rings. The molecule has 1 fully saturated rings. The Hall–Kier alpha value is -1.63. The summed E-state index contributed by atoms with van der Waals surface area (Å²) in [6, 6.07) is 0.341. The molecule has 0 atom stereocenters. The molecule has 2 rings (SSSR count). The van der Waals surface area contributed by atoms with E-state index >= 15 is 0 Å². The summed E-state index contributed by atoms with van der Waals surface area (Å²) in [5.74, 6) is 6.35. The summed E-state index contributed by atoms with van der Waals surface area (Å²) >= 11 is 0. The lowest BCUT2D eigenvalue weighted by atomic mass is 10.4. The Morgan fingerprint density at radius 2 is 2.06 bits per heavy atom. The van der Waals surface area contributed by atoms with E-state index in [1.807, 2.05) is 0 Å². The lowest BCUT2D eigenvalue weighted by molar-refractivity contribution is 0.285. The van der Waals surface area contributed by atoms with Gasteiger partial charge in [-0.05, 0) is 19.3 Å². The lowest BCUT2D eigenvalue weighted by Crippen LogP contribution is -2.23. The summed E-state index contributed by atoms with van der Waals surface area (Å²) in [6.07, 6.45) is 4.40. The van der Waals surface area contributed by atoms with Gasteiger partial charge < -0.3 is 9.64 Å². The zero-order valence-electron chi connectivity index (χ0n) is 10.7. The van der Waals surface area contributed by atoms with Gasteiger partial charge in [0, 0.05) is 13.1 Å². The number of anilines is 2. The van der Waals surface area contributed by atoms with E-state index in [-0.39, 0.29) is 0 Å². The molecule has 0 saturated carbocycles. The van der Waals surface area contributed by atoms with Crippen molar-refractivity contribution in [1.29, 1.82) is 0 Å². The third-order valence-corrected chi connectivity index (χ3v) is 2.85. The highest BCUT2D eigenvalue weighted by molar-refractivity contribution is 5.38. The van der Waals surface area contributed by atoms with Crippen LogP contribution >= 0.6 is 0 Å². The smallest absolute Gasteiger partial charge is 0.323 e. The van der Waals surface area contributed by atoms with E-state index in [4.69, 9.17) is 10.6 Å². The van der Waals surface area contributed by atoms with Gasteiger partial charge in [-0.1, -0.05) is 13.3 Å². The molecule has 1 aromatic heterocycles. The van der Waals surface area contributed by atoms with Crippen LogP contribution in [0, 0.1) is 0 Å². The lowest BCUT2D eigenvalue weighted by Gasteiger charge is -2.16. The van der Waals surface area contributed by atoms with Crippen LogP contribution in [0.5, 0.6) is 6.01 Å². The van der Waals surface area contributed by atoms with E-state index in [0.717, 1.165) is 25.9 Å². The maximum absolute atomic E-state index is 5.50. The molecule has 18 heavy (non-hydrogen) atoms. The van der Waals surface area contributed by atoms with Gasteiger partial charge in [-0.15, -0.1) is 0 Å². The van der Waals surface area contributed by atoms with E-state index in [1.165, 1.54) is 12.8 Å². The highest BCUT2D eigenvalue weighted by atomic mass is 16.5. The topological polar surface area (TPSA) is 89.2 Å². The van der Waals surface area contributed by atoms with Crippen molar-refractivity contribution >= 4 is 11.9 Å². The van der Waals surface area contributed by atoms with Gasteiger partial charge in [0.2, 0.25) is 11.9 Å². The predicted octanol–water partition coefficient (Wildman–Crippen LogP) is 0.936. The molecule has 0 amide bonds. The zero-order chi connectivity index (χ0) is 12.8. The second kappa shape index (κ2) is 6.34. The van der Waals surface area contributed by atoms with Crippen molar-refractivity contribution in [3.05, 3.63) is 0 Å². The second-order valence-corrected chi connectivity index (χ2v) is 4.28. The molecule has 100 valence electrons. The van der Waals surface area contributed by atoms with Crippen molar-refractivity contribution in [1.82, 2.24) is 15.0 Å². The highest BCUT2D eigenvalue weighted by Crippen LogP contribution is 2.19. The minimum atomic E-state index is 0.341. The summed E-state index contributed by atoms with van der Waals surface area (Å²) in [5, 5.41) is 0. The predicted molar refractivity (Wildman–Crippen MR) is 69.5 cm³/mol. The molecule has 0 unspecified atom stereocenters. The Labute approximate surface area is 107 Å². The maximum atomic E-state index is 5.50. The molecule has 7 heteroatoms. The van der Waals surface area contributed by atoms with Gasteiger partial charge in [-0.3, -0.25) is 5.43 Å². The fraction of sp³-hybridized carbons (Fsp3) is 0.727. The minimum absolute atomic E-state index is 0.341. The summed E-state index contributed by atoms with van der Waals surface area (Å²) in [6.45, 7) is 4.67. The third-order valence-electron chi connectivity index (χ3n) is 2.85. The summed E-state index contributed by atoms with van der Waals surface area (Å²) in [4.78, 5) is 14.8. The number of aromatic nitrogens is 3. The quantitative estimate of drug-likeness (QED) is 0.442. The van der Waals surface area contributed by atoms with Crippen LogP contribution in [0.3, 0.4) is 0 Å². The highest BCUT2D eigenvalue weighted by Gasteiger charge is 2.17. The third kappa shape index (κ3) is 3.19. The number of nitrogens with two attached hydrogens (primary N) is 1. The SMILES string of the molecule is CCCCOc1nc(NN)nc(N2CCCC2)n1. The number of rotatable bonds is 6. The number of nitrogen functional groups attached to an aromatic ring is 1. The van der Waals surface area contributed by atoms with Crippen LogP contribution in [0.4, 0.5) is 11.9 Å². The monoisotopic (exact) mass is 252 g/mol. The number of nitrogens with one attached hydrogen (secondary N) is 1. The summed E-state index contributed by atoms with van der Waals surface area (Å²) < 4.78 is 5.50. The van der Waals surface area contributed by atoms with Gasteiger partial charge in [0.05, 0.1) is 6.61 Å². The molecule has 0 aliphatic carbocycles. The van der Waals surface area contributed by atoms with Crippen LogP contribution < -0.4 is 20.9 Å². The van der Waals surface area contributed by atoms with Crippen LogP contribution in [0.25, 0.3) is 0 Å². The molecule has 2 heterocycles. The van der Waals surface area contributed by atoms with E-state index in [2.05, 4.69) is 32.2 Å². The van der Waals surface area contributed by atoms with E-state index in [0.29, 0.717) is 24.5 Å². The first-order valence-electron chi connectivity index (χ1n) is 6.44. The van der Waals surface area contributed by atoms with Crippen molar-refractivity contribution in [2.75, 3.05) is 30.0 Å². The Bertz CT molecular complexity index is 380. The van der Waals surface area contributed by atoms with Gasteiger partial charge >= 0.3 is 6.01 Å².